The second-order valence-electron chi connectivity index (χ2n) is 8.47. The summed E-state index contributed by atoms with van der Waals surface area (Å²) in [4.78, 5) is 18.7. The number of carbonyl (C=O) groups is 1. The molecule has 0 unspecified atom stereocenters. The van der Waals surface area contributed by atoms with Gasteiger partial charge in [0, 0.05) is 39.3 Å². The average Bonchev–Trinajstić information content (AvgIpc) is 2.53. The van der Waals surface area contributed by atoms with E-state index in [1.807, 2.05) is 0 Å². The van der Waals surface area contributed by atoms with Crippen LogP contribution in [-0.2, 0) is 4.79 Å². The second kappa shape index (κ2) is 9.16. The first kappa shape index (κ1) is 19.7. The van der Waals surface area contributed by atoms with Crippen molar-refractivity contribution < 1.29 is 9.90 Å². The van der Waals surface area contributed by atoms with Crippen LogP contribution in [0.4, 0.5) is 0 Å². The molecular weight excluding hydrogens is 302 g/mol. The van der Waals surface area contributed by atoms with Crippen molar-refractivity contribution in [3.05, 3.63) is 0 Å². The molecule has 24 heavy (non-hydrogen) atoms. The summed E-state index contributed by atoms with van der Waals surface area (Å²) in [5.41, 5.74) is 0. The number of carboxylic acids is 1. The van der Waals surface area contributed by atoms with Gasteiger partial charge in [0.15, 0.2) is 0 Å². The SMILES string of the molecule is CC(C)CN1CCN(CCN2CCC(C(C)C)CC2)C[C@@H]1C(=O)O. The number of hydrogen-bond donors (Lipinski definition) is 1. The molecule has 5 nitrogen and oxygen atoms in total. The van der Waals surface area contributed by atoms with Gasteiger partial charge in [-0.2, -0.15) is 0 Å². The minimum absolute atomic E-state index is 0.340. The average molecular weight is 340 g/mol. The molecule has 2 rings (SSSR count). The van der Waals surface area contributed by atoms with Crippen LogP contribution in [0.1, 0.15) is 40.5 Å². The maximum absolute atomic E-state index is 11.6. The van der Waals surface area contributed by atoms with Gasteiger partial charge in [0.2, 0.25) is 0 Å². The Labute approximate surface area is 148 Å². The molecule has 0 aromatic rings. The number of nitrogens with zero attached hydrogens (tertiary/aromatic N) is 3. The quantitative estimate of drug-likeness (QED) is 0.769. The highest BCUT2D eigenvalue weighted by atomic mass is 16.4. The van der Waals surface area contributed by atoms with Gasteiger partial charge in [-0.3, -0.25) is 14.6 Å². The van der Waals surface area contributed by atoms with E-state index in [0.717, 1.165) is 44.6 Å². The van der Waals surface area contributed by atoms with E-state index in [1.165, 1.54) is 25.9 Å². The summed E-state index contributed by atoms with van der Waals surface area (Å²) in [5, 5.41) is 9.56. The summed E-state index contributed by atoms with van der Waals surface area (Å²) in [5.74, 6) is 1.54. The minimum Gasteiger partial charge on any atom is -0.480 e. The van der Waals surface area contributed by atoms with Crippen LogP contribution in [0.25, 0.3) is 0 Å². The van der Waals surface area contributed by atoms with Crippen LogP contribution in [0.5, 0.6) is 0 Å². The Morgan fingerprint density at radius 2 is 1.62 bits per heavy atom. The van der Waals surface area contributed by atoms with Crippen molar-refractivity contribution in [2.75, 3.05) is 52.4 Å². The third kappa shape index (κ3) is 5.71. The van der Waals surface area contributed by atoms with Gasteiger partial charge < -0.3 is 10.0 Å². The first-order chi connectivity index (χ1) is 11.4. The molecule has 2 aliphatic rings. The van der Waals surface area contributed by atoms with Crippen LogP contribution < -0.4 is 0 Å². The van der Waals surface area contributed by atoms with E-state index in [9.17, 15) is 9.90 Å². The van der Waals surface area contributed by atoms with Gasteiger partial charge in [-0.25, -0.2) is 0 Å². The summed E-state index contributed by atoms with van der Waals surface area (Å²) in [6.45, 7) is 16.9. The van der Waals surface area contributed by atoms with Gasteiger partial charge in [-0.15, -0.1) is 0 Å². The second-order valence-corrected chi connectivity index (χ2v) is 8.47. The predicted octanol–water partition coefficient (Wildman–Crippen LogP) is 2.08. The van der Waals surface area contributed by atoms with E-state index in [4.69, 9.17) is 0 Å². The zero-order valence-corrected chi connectivity index (χ0v) is 16.1. The lowest BCUT2D eigenvalue weighted by Gasteiger charge is -2.41. The zero-order chi connectivity index (χ0) is 17.7. The highest BCUT2D eigenvalue weighted by Gasteiger charge is 2.32. The van der Waals surface area contributed by atoms with E-state index < -0.39 is 5.97 Å². The first-order valence-corrected chi connectivity index (χ1v) is 9.78. The molecule has 1 atom stereocenters. The molecule has 0 bridgehead atoms. The molecule has 0 saturated carbocycles. The smallest absolute Gasteiger partial charge is 0.322 e. The van der Waals surface area contributed by atoms with Crippen molar-refractivity contribution >= 4 is 5.97 Å². The summed E-state index contributed by atoms with van der Waals surface area (Å²) in [6.07, 6.45) is 2.63. The van der Waals surface area contributed by atoms with Crippen LogP contribution in [0.15, 0.2) is 0 Å². The zero-order valence-electron chi connectivity index (χ0n) is 16.1. The number of piperidine rings is 1. The van der Waals surface area contributed by atoms with E-state index >= 15 is 0 Å². The Balaban J connectivity index is 1.75. The lowest BCUT2D eigenvalue weighted by molar-refractivity contribution is -0.146. The van der Waals surface area contributed by atoms with Gasteiger partial charge in [-0.05, 0) is 43.7 Å². The molecule has 2 heterocycles. The lowest BCUT2D eigenvalue weighted by atomic mass is 9.87. The van der Waals surface area contributed by atoms with Crippen LogP contribution >= 0.6 is 0 Å². The number of likely N-dealkylation sites (tertiary alicyclic amines) is 1. The fraction of sp³-hybridized carbons (Fsp3) is 0.947. The molecule has 2 fully saturated rings. The third-order valence-corrected chi connectivity index (χ3v) is 5.77. The van der Waals surface area contributed by atoms with Crippen molar-refractivity contribution in [1.82, 2.24) is 14.7 Å². The Hall–Kier alpha value is -0.650. The number of carboxylic acid groups (broad SMARTS) is 1. The molecule has 0 amide bonds. The topological polar surface area (TPSA) is 47.0 Å². The highest BCUT2D eigenvalue weighted by molar-refractivity contribution is 5.74. The molecule has 0 spiro atoms. The highest BCUT2D eigenvalue weighted by Crippen LogP contribution is 2.24. The molecule has 5 heteroatoms. The summed E-state index contributed by atoms with van der Waals surface area (Å²) >= 11 is 0. The van der Waals surface area contributed by atoms with Crippen molar-refractivity contribution in [2.24, 2.45) is 17.8 Å². The van der Waals surface area contributed by atoms with Crippen molar-refractivity contribution in [2.45, 2.75) is 46.6 Å². The van der Waals surface area contributed by atoms with Crippen LogP contribution in [0, 0.1) is 17.8 Å². The standard InChI is InChI=1S/C19H37N3O2/c1-15(2)13-22-12-11-21(14-18(22)19(23)24)10-9-20-7-5-17(6-8-20)16(3)4/h15-18H,5-14H2,1-4H3,(H,23,24)/t18-/m1/s1. The molecule has 0 aromatic heterocycles. The summed E-state index contributed by atoms with van der Waals surface area (Å²) in [7, 11) is 0. The fourth-order valence-electron chi connectivity index (χ4n) is 4.13. The van der Waals surface area contributed by atoms with E-state index in [0.29, 0.717) is 12.5 Å². The van der Waals surface area contributed by atoms with E-state index in [-0.39, 0.29) is 6.04 Å². The fourth-order valence-corrected chi connectivity index (χ4v) is 4.13. The van der Waals surface area contributed by atoms with Crippen LogP contribution in [-0.4, -0.2) is 84.2 Å². The third-order valence-electron chi connectivity index (χ3n) is 5.77. The minimum atomic E-state index is -0.668. The van der Waals surface area contributed by atoms with E-state index in [2.05, 4.69) is 42.4 Å². The largest absolute Gasteiger partial charge is 0.480 e. The molecule has 2 aliphatic heterocycles. The number of hydrogen-bond acceptors (Lipinski definition) is 4. The van der Waals surface area contributed by atoms with Crippen LogP contribution in [0.2, 0.25) is 0 Å². The molecule has 2 saturated heterocycles. The van der Waals surface area contributed by atoms with Crippen molar-refractivity contribution in [3.8, 4) is 0 Å². The lowest BCUT2D eigenvalue weighted by Crippen LogP contribution is -2.58. The van der Waals surface area contributed by atoms with Crippen molar-refractivity contribution in [3.63, 3.8) is 0 Å². The van der Waals surface area contributed by atoms with Gasteiger partial charge in [0.25, 0.3) is 0 Å². The number of piperazine rings is 1. The Kier molecular flexibility index (Phi) is 7.51. The molecule has 0 radical (unpaired) electrons. The molecule has 1 N–H and O–H groups in total. The number of aliphatic carboxylic acids is 1. The summed E-state index contributed by atoms with van der Waals surface area (Å²) in [6, 6.07) is -0.340. The Bertz CT molecular complexity index is 392. The maximum Gasteiger partial charge on any atom is 0.322 e. The first-order valence-electron chi connectivity index (χ1n) is 9.78. The summed E-state index contributed by atoms with van der Waals surface area (Å²) < 4.78 is 0. The molecular formula is C19H37N3O2. The van der Waals surface area contributed by atoms with Gasteiger partial charge >= 0.3 is 5.97 Å². The van der Waals surface area contributed by atoms with Crippen LogP contribution in [0.3, 0.4) is 0 Å². The van der Waals surface area contributed by atoms with Gasteiger partial charge in [0.1, 0.15) is 6.04 Å². The normalized spacial score (nSPS) is 25.7. The molecule has 0 aliphatic carbocycles. The molecule has 0 aromatic carbocycles. The molecule has 140 valence electrons. The van der Waals surface area contributed by atoms with Crippen molar-refractivity contribution in [1.29, 1.82) is 0 Å². The van der Waals surface area contributed by atoms with E-state index in [1.54, 1.807) is 0 Å². The predicted molar refractivity (Wildman–Crippen MR) is 98.3 cm³/mol. The Morgan fingerprint density at radius 3 is 2.17 bits per heavy atom. The Morgan fingerprint density at radius 1 is 1.00 bits per heavy atom. The van der Waals surface area contributed by atoms with Gasteiger partial charge in [0.05, 0.1) is 0 Å². The number of rotatable bonds is 7. The van der Waals surface area contributed by atoms with Gasteiger partial charge in [-0.1, -0.05) is 27.7 Å². The maximum atomic E-state index is 11.6. The monoisotopic (exact) mass is 339 g/mol.